The zero-order valence-electron chi connectivity index (χ0n) is 16.6. The highest BCUT2D eigenvalue weighted by molar-refractivity contribution is 9.13. The van der Waals surface area contributed by atoms with E-state index < -0.39 is 0 Å². The van der Waals surface area contributed by atoms with Gasteiger partial charge in [-0.25, -0.2) is 4.98 Å². The molecular weight excluding hydrogens is 548 g/mol. The van der Waals surface area contributed by atoms with Gasteiger partial charge in [-0.15, -0.1) is 0 Å². The van der Waals surface area contributed by atoms with Crippen molar-refractivity contribution in [3.63, 3.8) is 0 Å². The van der Waals surface area contributed by atoms with Crippen molar-refractivity contribution < 1.29 is 14.3 Å². The third kappa shape index (κ3) is 4.49. The van der Waals surface area contributed by atoms with Crippen molar-refractivity contribution in [2.75, 3.05) is 6.61 Å². The molecule has 0 unspecified atom stereocenters. The molecule has 0 aliphatic heterocycles. The van der Waals surface area contributed by atoms with Crippen LogP contribution in [0.4, 0.5) is 5.69 Å². The Kier molecular flexibility index (Phi) is 6.36. The van der Waals surface area contributed by atoms with Crippen LogP contribution < -0.4 is 4.74 Å². The lowest BCUT2D eigenvalue weighted by Crippen LogP contribution is -1.96. The fourth-order valence-electron chi connectivity index (χ4n) is 3.04. The van der Waals surface area contributed by atoms with Crippen LogP contribution in [0.1, 0.15) is 18.1 Å². The lowest BCUT2D eigenvalue weighted by atomic mass is 10.1. The summed E-state index contributed by atoms with van der Waals surface area (Å²) in [6.45, 7) is 4.26. The Balaban J connectivity index is 1.73. The van der Waals surface area contributed by atoms with Crippen molar-refractivity contribution >= 4 is 66.5 Å². The van der Waals surface area contributed by atoms with E-state index in [0.29, 0.717) is 44.4 Å². The zero-order chi connectivity index (χ0) is 22.1. The largest absolute Gasteiger partial charge is 0.504 e. The van der Waals surface area contributed by atoms with Crippen LogP contribution in [0.15, 0.2) is 60.8 Å². The molecule has 0 atom stereocenters. The minimum atomic E-state index is 0.0188. The minimum absolute atomic E-state index is 0.0188. The summed E-state index contributed by atoms with van der Waals surface area (Å²) in [4.78, 5) is 9.14. The van der Waals surface area contributed by atoms with Crippen molar-refractivity contribution in [1.82, 2.24) is 4.98 Å². The van der Waals surface area contributed by atoms with Crippen LogP contribution in [0, 0.1) is 6.92 Å². The number of oxazole rings is 1. The highest BCUT2D eigenvalue weighted by Crippen LogP contribution is 2.40. The molecule has 5 nitrogen and oxygen atoms in total. The molecule has 0 bridgehead atoms. The minimum Gasteiger partial charge on any atom is -0.504 e. The SMILES string of the molecule is CCOc1cc(Br)c(Br)c(C=Nc2cc(-c3nc4cc(Cl)ccc4o3)ccc2C)c1O. The van der Waals surface area contributed by atoms with Gasteiger partial charge in [-0.3, -0.25) is 4.99 Å². The van der Waals surface area contributed by atoms with E-state index in [4.69, 9.17) is 20.8 Å². The van der Waals surface area contributed by atoms with Crippen molar-refractivity contribution in [2.45, 2.75) is 13.8 Å². The second-order valence-electron chi connectivity index (χ2n) is 6.76. The highest BCUT2D eigenvalue weighted by Gasteiger charge is 2.15. The quantitative estimate of drug-likeness (QED) is 0.251. The Bertz CT molecular complexity index is 1320. The van der Waals surface area contributed by atoms with Gasteiger partial charge in [0.2, 0.25) is 5.89 Å². The lowest BCUT2D eigenvalue weighted by Gasteiger charge is -2.11. The number of benzene rings is 3. The molecule has 0 amide bonds. The Labute approximate surface area is 201 Å². The molecule has 0 saturated carbocycles. The van der Waals surface area contributed by atoms with Crippen molar-refractivity contribution in [1.29, 1.82) is 0 Å². The van der Waals surface area contributed by atoms with Crippen LogP contribution in [0.3, 0.4) is 0 Å². The molecule has 0 spiro atoms. The van der Waals surface area contributed by atoms with Gasteiger partial charge in [-0.1, -0.05) is 17.7 Å². The number of aromatic hydroxyl groups is 1. The summed E-state index contributed by atoms with van der Waals surface area (Å²) in [5.41, 5.74) is 4.35. The summed E-state index contributed by atoms with van der Waals surface area (Å²) in [7, 11) is 0. The fourth-order valence-corrected chi connectivity index (χ4v) is 4.03. The van der Waals surface area contributed by atoms with Gasteiger partial charge in [0, 0.05) is 25.7 Å². The van der Waals surface area contributed by atoms with E-state index in [1.54, 1.807) is 30.5 Å². The Morgan fingerprint density at radius 3 is 2.77 bits per heavy atom. The van der Waals surface area contributed by atoms with Crippen LogP contribution in [0.2, 0.25) is 5.02 Å². The van der Waals surface area contributed by atoms with Gasteiger partial charge in [-0.05, 0) is 87.7 Å². The van der Waals surface area contributed by atoms with Crippen LogP contribution in [0.25, 0.3) is 22.6 Å². The van der Waals surface area contributed by atoms with Crippen LogP contribution in [0.5, 0.6) is 11.5 Å². The molecular formula is C23H17Br2ClN2O3. The van der Waals surface area contributed by atoms with Crippen molar-refractivity contribution in [2.24, 2.45) is 4.99 Å². The molecule has 0 aliphatic rings. The molecule has 158 valence electrons. The molecule has 8 heteroatoms. The number of nitrogens with zero attached hydrogens (tertiary/aromatic N) is 2. The van der Waals surface area contributed by atoms with E-state index in [2.05, 4.69) is 41.8 Å². The van der Waals surface area contributed by atoms with E-state index in [-0.39, 0.29) is 5.75 Å². The Hall–Kier alpha value is -2.35. The van der Waals surface area contributed by atoms with Crippen LogP contribution in [-0.4, -0.2) is 22.9 Å². The topological polar surface area (TPSA) is 67.9 Å². The second-order valence-corrected chi connectivity index (χ2v) is 8.84. The summed E-state index contributed by atoms with van der Waals surface area (Å²) < 4.78 is 12.8. The first-order valence-corrected chi connectivity index (χ1v) is 11.4. The van der Waals surface area contributed by atoms with Crippen LogP contribution >= 0.6 is 43.5 Å². The summed E-state index contributed by atoms with van der Waals surface area (Å²) in [6.07, 6.45) is 1.60. The molecule has 31 heavy (non-hydrogen) atoms. The number of hydrogen-bond acceptors (Lipinski definition) is 5. The number of ether oxygens (including phenoxy) is 1. The smallest absolute Gasteiger partial charge is 0.227 e. The molecule has 0 radical (unpaired) electrons. The highest BCUT2D eigenvalue weighted by atomic mass is 79.9. The maximum absolute atomic E-state index is 10.6. The molecule has 1 N–H and O–H groups in total. The van der Waals surface area contributed by atoms with E-state index in [1.165, 1.54) is 0 Å². The first-order valence-electron chi connectivity index (χ1n) is 9.42. The number of phenols is 1. The van der Waals surface area contributed by atoms with E-state index >= 15 is 0 Å². The molecule has 1 heterocycles. The van der Waals surface area contributed by atoms with Crippen molar-refractivity contribution in [3.05, 3.63) is 67.6 Å². The first-order chi connectivity index (χ1) is 14.9. The predicted octanol–water partition coefficient (Wildman–Crippen LogP) is 7.84. The van der Waals surface area contributed by atoms with Gasteiger partial charge in [0.05, 0.1) is 17.9 Å². The monoisotopic (exact) mass is 562 g/mol. The number of fused-ring (bicyclic) bond motifs is 1. The third-order valence-corrected chi connectivity index (χ3v) is 6.88. The van der Waals surface area contributed by atoms with Gasteiger partial charge in [-0.2, -0.15) is 0 Å². The summed E-state index contributed by atoms with van der Waals surface area (Å²) in [5, 5.41) is 11.2. The maximum atomic E-state index is 10.6. The number of hydrogen-bond donors (Lipinski definition) is 1. The third-order valence-electron chi connectivity index (χ3n) is 4.63. The van der Waals surface area contributed by atoms with Gasteiger partial charge in [0.1, 0.15) is 5.52 Å². The van der Waals surface area contributed by atoms with Crippen LogP contribution in [-0.2, 0) is 0 Å². The molecule has 0 saturated heterocycles. The Morgan fingerprint density at radius 2 is 2.00 bits per heavy atom. The summed E-state index contributed by atoms with van der Waals surface area (Å²) >= 11 is 13.0. The predicted molar refractivity (Wildman–Crippen MR) is 131 cm³/mol. The molecule has 4 aromatic rings. The van der Waals surface area contributed by atoms with Crippen molar-refractivity contribution in [3.8, 4) is 23.0 Å². The van der Waals surface area contributed by atoms with E-state index in [0.717, 1.165) is 21.3 Å². The summed E-state index contributed by atoms with van der Waals surface area (Å²) in [5.74, 6) is 0.888. The first kappa shape index (κ1) is 21.9. The van der Waals surface area contributed by atoms with Gasteiger partial charge >= 0.3 is 0 Å². The lowest BCUT2D eigenvalue weighted by molar-refractivity contribution is 0.317. The molecule has 3 aromatic carbocycles. The molecule has 1 aromatic heterocycles. The number of aromatic nitrogens is 1. The number of rotatable bonds is 5. The molecule has 0 fully saturated rings. The fraction of sp³-hybridized carbons (Fsp3) is 0.130. The van der Waals surface area contributed by atoms with Gasteiger partial charge in [0.25, 0.3) is 0 Å². The van der Waals surface area contributed by atoms with E-state index in [9.17, 15) is 5.11 Å². The number of aliphatic imine (C=N–C) groups is 1. The maximum Gasteiger partial charge on any atom is 0.227 e. The van der Waals surface area contributed by atoms with Gasteiger partial charge in [0.15, 0.2) is 17.1 Å². The number of phenolic OH excluding ortho intramolecular Hbond substituents is 1. The molecule has 4 rings (SSSR count). The normalized spacial score (nSPS) is 11.5. The van der Waals surface area contributed by atoms with E-state index in [1.807, 2.05) is 32.0 Å². The second kappa shape index (κ2) is 9.02. The average Bonchev–Trinajstić information content (AvgIpc) is 3.16. The Morgan fingerprint density at radius 1 is 1.19 bits per heavy atom. The standard InChI is InChI=1S/C23H17Br2ClN2O3/c1-3-30-20-10-16(24)21(25)15(22(20)29)11-27-17-8-13(5-4-12(17)2)23-28-18-9-14(26)6-7-19(18)31-23/h4-11,29H,3H2,1-2H3. The molecule has 0 aliphatic carbocycles. The zero-order valence-corrected chi connectivity index (χ0v) is 20.5. The summed E-state index contributed by atoms with van der Waals surface area (Å²) in [6, 6.07) is 12.8. The number of aryl methyl sites for hydroxylation is 1. The number of halogens is 3. The van der Waals surface area contributed by atoms with Gasteiger partial charge < -0.3 is 14.3 Å². The average molecular weight is 565 g/mol.